The summed E-state index contributed by atoms with van der Waals surface area (Å²) in [6, 6.07) is 1.36. The van der Waals surface area contributed by atoms with E-state index in [1.54, 1.807) is 0 Å². The van der Waals surface area contributed by atoms with E-state index in [0.717, 1.165) is 0 Å². The maximum Gasteiger partial charge on any atom is 0.269 e. The summed E-state index contributed by atoms with van der Waals surface area (Å²) in [4.78, 5) is 14.8. The number of hydrogen-bond donors (Lipinski definition) is 1. The minimum Gasteiger partial charge on any atom is -0.354 e. The number of carbonyl (C=O) groups excluding carboxylic acids is 1. The van der Waals surface area contributed by atoms with Crippen LogP contribution < -0.4 is 5.32 Å². The van der Waals surface area contributed by atoms with Gasteiger partial charge in [-0.05, 0) is 6.07 Å². The number of hydrogen-bond acceptors (Lipinski definition) is 2. The van der Waals surface area contributed by atoms with Crippen LogP contribution in [0.4, 0.5) is 0 Å². The van der Waals surface area contributed by atoms with Gasteiger partial charge >= 0.3 is 0 Å². The Balaban J connectivity index is 3.20. The van der Waals surface area contributed by atoms with Crippen molar-refractivity contribution in [1.82, 2.24) is 10.3 Å². The first-order chi connectivity index (χ1) is 6.06. The van der Waals surface area contributed by atoms with Gasteiger partial charge in [-0.25, -0.2) is 4.98 Å². The van der Waals surface area contributed by atoms with Crippen molar-refractivity contribution in [3.8, 4) is 0 Å². The number of nitrogens with one attached hydrogen (secondary N) is 1. The number of aromatic nitrogens is 1. The van der Waals surface area contributed by atoms with Crippen LogP contribution in [0.15, 0.2) is 6.07 Å². The topological polar surface area (TPSA) is 42.0 Å². The van der Waals surface area contributed by atoms with Crippen molar-refractivity contribution in [3.63, 3.8) is 0 Å². The molecular formula is C7H5Cl3N2O. The van der Waals surface area contributed by atoms with Crippen molar-refractivity contribution in [3.05, 3.63) is 27.0 Å². The molecule has 0 unspecified atom stereocenters. The first kappa shape index (κ1) is 10.6. The molecule has 13 heavy (non-hydrogen) atoms. The predicted molar refractivity (Wildman–Crippen MR) is 52.7 cm³/mol. The highest BCUT2D eigenvalue weighted by Gasteiger charge is 2.11. The molecule has 1 aromatic heterocycles. The Morgan fingerprint density at radius 3 is 2.54 bits per heavy atom. The monoisotopic (exact) mass is 238 g/mol. The minimum atomic E-state index is -0.361. The third-order valence-corrected chi connectivity index (χ3v) is 2.48. The van der Waals surface area contributed by atoms with Gasteiger partial charge in [-0.15, -0.1) is 0 Å². The summed E-state index contributed by atoms with van der Waals surface area (Å²) < 4.78 is 0. The first-order valence-electron chi connectivity index (χ1n) is 3.30. The van der Waals surface area contributed by atoms with E-state index in [9.17, 15) is 4.79 Å². The zero-order chi connectivity index (χ0) is 10.0. The van der Waals surface area contributed by atoms with Crippen LogP contribution in [0, 0.1) is 0 Å². The Labute approximate surface area is 90.0 Å². The molecule has 0 radical (unpaired) electrons. The summed E-state index contributed by atoms with van der Waals surface area (Å²) >= 11 is 16.9. The molecule has 0 saturated heterocycles. The molecule has 0 aromatic carbocycles. The van der Waals surface area contributed by atoms with Crippen molar-refractivity contribution in [2.75, 3.05) is 7.05 Å². The largest absolute Gasteiger partial charge is 0.354 e. The molecule has 0 spiro atoms. The zero-order valence-electron chi connectivity index (χ0n) is 6.57. The Bertz CT molecular complexity index is 331. The number of amides is 1. The zero-order valence-corrected chi connectivity index (χ0v) is 8.83. The highest BCUT2D eigenvalue weighted by atomic mass is 35.5. The predicted octanol–water partition coefficient (Wildman–Crippen LogP) is 2.40. The van der Waals surface area contributed by atoms with E-state index in [0.29, 0.717) is 0 Å². The van der Waals surface area contributed by atoms with Gasteiger partial charge < -0.3 is 5.32 Å². The third kappa shape index (κ3) is 2.24. The van der Waals surface area contributed by atoms with Crippen LogP contribution in [-0.2, 0) is 0 Å². The van der Waals surface area contributed by atoms with E-state index in [1.807, 2.05) is 0 Å². The average Bonchev–Trinajstić information content (AvgIpc) is 2.12. The van der Waals surface area contributed by atoms with Gasteiger partial charge in [0, 0.05) is 7.05 Å². The summed E-state index contributed by atoms with van der Waals surface area (Å²) in [6.07, 6.45) is 0. The molecule has 0 aliphatic carbocycles. The number of halogens is 3. The summed E-state index contributed by atoms with van der Waals surface area (Å²) in [6.45, 7) is 0. The number of pyridine rings is 1. The van der Waals surface area contributed by atoms with Gasteiger partial charge in [0.15, 0.2) is 0 Å². The van der Waals surface area contributed by atoms with Crippen LogP contribution in [0.2, 0.25) is 15.2 Å². The van der Waals surface area contributed by atoms with Crippen LogP contribution in [-0.4, -0.2) is 17.9 Å². The second-order valence-corrected chi connectivity index (χ2v) is 3.32. The fourth-order valence-electron chi connectivity index (χ4n) is 0.713. The quantitative estimate of drug-likeness (QED) is 0.765. The molecule has 0 saturated carbocycles. The van der Waals surface area contributed by atoms with Gasteiger partial charge in [0.2, 0.25) is 0 Å². The van der Waals surface area contributed by atoms with E-state index in [2.05, 4.69) is 10.3 Å². The Morgan fingerprint density at radius 2 is 2.08 bits per heavy atom. The Hall–Kier alpha value is -0.510. The molecule has 1 amide bonds. The lowest BCUT2D eigenvalue weighted by molar-refractivity contribution is 0.0958. The molecule has 0 bridgehead atoms. The third-order valence-electron chi connectivity index (χ3n) is 1.33. The highest BCUT2D eigenvalue weighted by molar-refractivity contribution is 6.47. The summed E-state index contributed by atoms with van der Waals surface area (Å²) in [5, 5.41) is 2.77. The molecule has 3 nitrogen and oxygen atoms in total. The Kier molecular flexibility index (Phi) is 3.36. The highest BCUT2D eigenvalue weighted by Crippen LogP contribution is 2.28. The number of rotatable bonds is 1. The van der Waals surface area contributed by atoms with E-state index in [1.165, 1.54) is 13.1 Å². The molecule has 0 fully saturated rings. The van der Waals surface area contributed by atoms with Gasteiger partial charge in [0.1, 0.15) is 10.8 Å². The standard InChI is InChI=1S/C7H5Cl3N2O/c1-11-7(13)4-2-3(8)5(9)6(10)12-4/h2H,1H3,(H,11,13). The second-order valence-electron chi connectivity index (χ2n) is 2.17. The maximum absolute atomic E-state index is 11.1. The summed E-state index contributed by atoms with van der Waals surface area (Å²) in [7, 11) is 1.49. The SMILES string of the molecule is CNC(=O)c1cc(Cl)c(Cl)c(Cl)n1. The van der Waals surface area contributed by atoms with Gasteiger partial charge in [0.05, 0.1) is 10.0 Å². The van der Waals surface area contributed by atoms with Crippen LogP contribution in [0.25, 0.3) is 0 Å². The van der Waals surface area contributed by atoms with Crippen molar-refractivity contribution in [2.45, 2.75) is 0 Å². The summed E-state index contributed by atoms with van der Waals surface area (Å²) in [5.41, 5.74) is 0.141. The second kappa shape index (κ2) is 4.13. The fraction of sp³-hybridized carbons (Fsp3) is 0.143. The molecule has 70 valence electrons. The van der Waals surface area contributed by atoms with Crippen molar-refractivity contribution in [1.29, 1.82) is 0 Å². The average molecular weight is 239 g/mol. The molecule has 1 N–H and O–H groups in total. The lowest BCUT2D eigenvalue weighted by Gasteiger charge is -2.02. The normalized spacial score (nSPS) is 9.85. The number of nitrogens with zero attached hydrogens (tertiary/aromatic N) is 1. The fourth-order valence-corrected chi connectivity index (χ4v) is 1.24. The summed E-state index contributed by atoms with van der Waals surface area (Å²) in [5.74, 6) is -0.361. The smallest absolute Gasteiger partial charge is 0.269 e. The molecule has 1 aromatic rings. The van der Waals surface area contributed by atoms with E-state index in [-0.39, 0.29) is 26.8 Å². The molecule has 6 heteroatoms. The molecule has 0 atom stereocenters. The maximum atomic E-state index is 11.1. The lowest BCUT2D eigenvalue weighted by atomic mass is 10.3. The van der Waals surface area contributed by atoms with Crippen LogP contribution in [0.3, 0.4) is 0 Å². The van der Waals surface area contributed by atoms with Crippen LogP contribution in [0.5, 0.6) is 0 Å². The van der Waals surface area contributed by atoms with Crippen molar-refractivity contribution in [2.24, 2.45) is 0 Å². The molecule has 0 aliphatic rings. The van der Waals surface area contributed by atoms with Gasteiger partial charge in [-0.3, -0.25) is 4.79 Å². The minimum absolute atomic E-state index is 0.0211. The van der Waals surface area contributed by atoms with Gasteiger partial charge in [-0.1, -0.05) is 34.8 Å². The van der Waals surface area contributed by atoms with Crippen LogP contribution in [0.1, 0.15) is 10.5 Å². The van der Waals surface area contributed by atoms with Gasteiger partial charge in [0.25, 0.3) is 5.91 Å². The lowest BCUT2D eigenvalue weighted by Crippen LogP contribution is -2.19. The molecule has 1 rings (SSSR count). The van der Waals surface area contributed by atoms with E-state index in [4.69, 9.17) is 34.8 Å². The number of carbonyl (C=O) groups is 1. The van der Waals surface area contributed by atoms with Gasteiger partial charge in [-0.2, -0.15) is 0 Å². The molecule has 0 aliphatic heterocycles. The van der Waals surface area contributed by atoms with E-state index < -0.39 is 0 Å². The molecule has 1 heterocycles. The van der Waals surface area contributed by atoms with E-state index >= 15 is 0 Å². The first-order valence-corrected chi connectivity index (χ1v) is 4.43. The van der Waals surface area contributed by atoms with Crippen molar-refractivity contribution < 1.29 is 4.79 Å². The molecular weight excluding hydrogens is 234 g/mol. The van der Waals surface area contributed by atoms with Crippen LogP contribution >= 0.6 is 34.8 Å². The van der Waals surface area contributed by atoms with Crippen molar-refractivity contribution >= 4 is 40.7 Å². The Morgan fingerprint density at radius 1 is 1.46 bits per heavy atom.